The van der Waals surface area contributed by atoms with Gasteiger partial charge in [-0.2, -0.15) is 13.2 Å². The van der Waals surface area contributed by atoms with Gasteiger partial charge in [-0.15, -0.1) is 0 Å². The summed E-state index contributed by atoms with van der Waals surface area (Å²) in [5.41, 5.74) is 4.51. The number of nitrogens with one attached hydrogen (secondary N) is 2. The lowest BCUT2D eigenvalue weighted by Crippen LogP contribution is -2.41. The Balaban J connectivity index is 0.000000860. The number of nitrogens with two attached hydrogens (primary N) is 1. The quantitative estimate of drug-likeness (QED) is 0.0810. The van der Waals surface area contributed by atoms with E-state index in [1.165, 1.54) is 19.9 Å². The van der Waals surface area contributed by atoms with E-state index in [0.717, 1.165) is 58.2 Å². The van der Waals surface area contributed by atoms with Crippen LogP contribution in [0.1, 0.15) is 80.8 Å². The second kappa shape index (κ2) is 15.2. The molecule has 1 atom stereocenters. The minimum Gasteiger partial charge on any atom is -0.507 e. The van der Waals surface area contributed by atoms with Gasteiger partial charge in [-0.25, -0.2) is 4.79 Å². The van der Waals surface area contributed by atoms with Crippen molar-refractivity contribution >= 4 is 23.3 Å². The molecule has 44 heavy (non-hydrogen) atoms. The Labute approximate surface area is 253 Å². The highest BCUT2D eigenvalue weighted by Crippen LogP contribution is 2.57. The van der Waals surface area contributed by atoms with Crippen molar-refractivity contribution in [3.05, 3.63) is 39.8 Å². The van der Waals surface area contributed by atoms with Crippen molar-refractivity contribution in [1.82, 2.24) is 10.6 Å². The van der Waals surface area contributed by atoms with Crippen molar-refractivity contribution in [3.8, 4) is 17.2 Å². The predicted molar refractivity (Wildman–Crippen MR) is 155 cm³/mol. The highest BCUT2D eigenvalue weighted by atomic mass is 19.4. The molecule has 1 aliphatic heterocycles. The average molecular weight is 628 g/mol. The molecular formula is C30H40F3N3O8. The molecule has 0 saturated heterocycles. The number of ether oxygens (including phenoxy) is 1. The summed E-state index contributed by atoms with van der Waals surface area (Å²) in [7, 11) is 0. The molecule has 1 aromatic carbocycles. The minimum atomic E-state index is -5.08. The zero-order valence-electron chi connectivity index (χ0n) is 25.2. The highest BCUT2D eigenvalue weighted by molar-refractivity contribution is 6.31. The smallest absolute Gasteiger partial charge is 0.490 e. The van der Waals surface area contributed by atoms with Gasteiger partial charge < -0.3 is 36.4 Å². The molecular weight excluding hydrogens is 587 g/mol. The second-order valence-electron chi connectivity index (χ2n) is 10.8. The first kappa shape index (κ1) is 36.3. The number of aromatic hydroxyl groups is 2. The van der Waals surface area contributed by atoms with Crippen molar-refractivity contribution in [2.75, 3.05) is 26.2 Å². The largest absolute Gasteiger partial charge is 0.507 e. The number of fused-ring (bicyclic) bond motifs is 3. The first-order chi connectivity index (χ1) is 20.5. The molecule has 2 aliphatic rings. The molecule has 0 amide bonds. The lowest BCUT2D eigenvalue weighted by Gasteiger charge is -2.29. The number of phenolic OH excluding ortho intramolecular Hbond substituents is 2. The van der Waals surface area contributed by atoms with Gasteiger partial charge in [-0.1, -0.05) is 12.8 Å². The van der Waals surface area contributed by atoms with Gasteiger partial charge in [0.25, 0.3) is 0 Å². The number of Topliss-reactive ketones (excluding diaryl/α,β-unsaturated/α-hetero) is 2. The highest BCUT2D eigenvalue weighted by Gasteiger charge is 2.56. The first-order valence-corrected chi connectivity index (χ1v) is 14.3. The van der Waals surface area contributed by atoms with Crippen LogP contribution >= 0.6 is 0 Å². The summed E-state index contributed by atoms with van der Waals surface area (Å²) in [4.78, 5) is 47.9. The molecule has 1 heterocycles. The summed E-state index contributed by atoms with van der Waals surface area (Å²) in [6.07, 6.45) is 2.38. The molecule has 0 bridgehead atoms. The van der Waals surface area contributed by atoms with Gasteiger partial charge in [0, 0.05) is 23.9 Å². The Kier molecular flexibility index (Phi) is 12.5. The number of carbonyl (C=O) groups is 4. The van der Waals surface area contributed by atoms with Crippen LogP contribution in [0.25, 0.3) is 0 Å². The number of ketones is 3. The molecule has 0 spiro atoms. The number of benzene rings is 1. The molecule has 0 fully saturated rings. The molecule has 3 rings (SSSR count). The number of unbranched alkanes of at least 4 members (excludes halogenated alkanes) is 4. The van der Waals surface area contributed by atoms with Crippen LogP contribution in [0, 0.1) is 6.92 Å². The Morgan fingerprint density at radius 2 is 1.52 bits per heavy atom. The van der Waals surface area contributed by atoms with E-state index in [-0.39, 0.29) is 39.5 Å². The number of phenols is 2. The van der Waals surface area contributed by atoms with Crippen molar-refractivity contribution in [2.24, 2.45) is 5.73 Å². The van der Waals surface area contributed by atoms with E-state index in [1.54, 1.807) is 13.8 Å². The number of carboxylic acid groups (broad SMARTS) is 1. The number of allylic oxidation sites excluding steroid dienone is 4. The fourth-order valence-electron chi connectivity index (χ4n) is 4.97. The van der Waals surface area contributed by atoms with Crippen molar-refractivity contribution in [1.29, 1.82) is 0 Å². The lowest BCUT2D eigenvalue weighted by atomic mass is 9.70. The molecule has 0 unspecified atom stereocenters. The molecule has 7 N–H and O–H groups in total. The van der Waals surface area contributed by atoms with E-state index in [9.17, 15) is 37.8 Å². The van der Waals surface area contributed by atoms with Gasteiger partial charge in [0.2, 0.25) is 0 Å². The van der Waals surface area contributed by atoms with Crippen LogP contribution in [0.2, 0.25) is 0 Å². The van der Waals surface area contributed by atoms with Gasteiger partial charge in [0.05, 0.1) is 11.1 Å². The van der Waals surface area contributed by atoms with Crippen LogP contribution < -0.4 is 21.1 Å². The topological polar surface area (TPSA) is 188 Å². The Bertz CT molecular complexity index is 1350. The van der Waals surface area contributed by atoms with Crippen LogP contribution in [0.3, 0.4) is 0 Å². The first-order valence-electron chi connectivity index (χ1n) is 14.3. The maximum Gasteiger partial charge on any atom is 0.490 e. The molecule has 1 aromatic rings. The minimum absolute atomic E-state index is 0.00103. The molecule has 0 saturated carbocycles. The number of alkyl halides is 3. The Morgan fingerprint density at radius 3 is 2.05 bits per heavy atom. The number of hydrogen-bond donors (Lipinski definition) is 6. The number of hydrogen-bond acceptors (Lipinski definition) is 10. The molecule has 0 radical (unpaired) electrons. The van der Waals surface area contributed by atoms with E-state index in [0.29, 0.717) is 12.2 Å². The number of carboxylic acids is 1. The fraction of sp³-hybridized carbons (Fsp3) is 0.533. The molecule has 244 valence electrons. The molecule has 1 aliphatic carbocycles. The van der Waals surface area contributed by atoms with E-state index >= 15 is 0 Å². The van der Waals surface area contributed by atoms with E-state index in [1.807, 2.05) is 0 Å². The number of carbonyl (C=O) groups excluding carboxylic acids is 3. The zero-order valence-corrected chi connectivity index (χ0v) is 25.2. The van der Waals surface area contributed by atoms with Gasteiger partial charge in [0.1, 0.15) is 34.0 Å². The third kappa shape index (κ3) is 7.97. The number of aliphatic carboxylic acids is 1. The van der Waals surface area contributed by atoms with Crippen LogP contribution in [-0.2, 0) is 19.8 Å². The van der Waals surface area contributed by atoms with Gasteiger partial charge in [0.15, 0.2) is 17.3 Å². The normalized spacial score (nSPS) is 18.4. The summed E-state index contributed by atoms with van der Waals surface area (Å²) in [5.74, 6) is -5.03. The van der Waals surface area contributed by atoms with Crippen molar-refractivity contribution < 1.29 is 52.4 Å². The maximum atomic E-state index is 13.8. The number of halogens is 3. The molecule has 0 aromatic heterocycles. The van der Waals surface area contributed by atoms with Crippen LogP contribution in [0.4, 0.5) is 13.2 Å². The Hall–Kier alpha value is -3.91. The average Bonchev–Trinajstić information content (AvgIpc) is 3.22. The van der Waals surface area contributed by atoms with Gasteiger partial charge in [-0.05, 0) is 73.0 Å². The van der Waals surface area contributed by atoms with Crippen LogP contribution in [0.5, 0.6) is 17.2 Å². The third-order valence-electron chi connectivity index (χ3n) is 7.48. The third-order valence-corrected chi connectivity index (χ3v) is 7.48. The standard InChI is InChI=1S/C28H39N3O6.C2HF3O2/c1-16-24(34)22(18(3)32)26-23(25(16)35)28(4)20(37-26)15-19(33)21(27(28)36)17(2)31-14-9-6-5-8-12-30-13-10-7-11-29;3-2(4,5)1(6)7/h15,30-31,34-35H,5-14,29H2,1-4H3;(H,6,7)/b21-17+;/t28-;/m0./s1. The monoisotopic (exact) mass is 627 g/mol. The second-order valence-corrected chi connectivity index (χ2v) is 10.8. The van der Waals surface area contributed by atoms with Crippen molar-refractivity contribution in [2.45, 2.75) is 77.8 Å². The summed E-state index contributed by atoms with van der Waals surface area (Å²) in [5, 5.41) is 35.1. The summed E-state index contributed by atoms with van der Waals surface area (Å²) in [6.45, 7) is 9.31. The summed E-state index contributed by atoms with van der Waals surface area (Å²) < 4.78 is 37.5. The predicted octanol–water partition coefficient (Wildman–Crippen LogP) is 3.68. The Morgan fingerprint density at radius 1 is 0.977 bits per heavy atom. The van der Waals surface area contributed by atoms with Crippen LogP contribution in [0.15, 0.2) is 23.1 Å². The maximum absolute atomic E-state index is 13.8. The van der Waals surface area contributed by atoms with Crippen molar-refractivity contribution in [3.63, 3.8) is 0 Å². The van der Waals surface area contributed by atoms with E-state index in [4.69, 9.17) is 20.4 Å². The number of rotatable bonds is 13. The summed E-state index contributed by atoms with van der Waals surface area (Å²) >= 11 is 0. The van der Waals surface area contributed by atoms with Crippen LogP contribution in [-0.4, -0.2) is 71.0 Å². The zero-order chi connectivity index (χ0) is 33.4. The van der Waals surface area contributed by atoms with E-state index < -0.39 is 40.7 Å². The van der Waals surface area contributed by atoms with E-state index in [2.05, 4.69) is 10.6 Å². The molecule has 11 nitrogen and oxygen atoms in total. The fourth-order valence-corrected chi connectivity index (χ4v) is 4.97. The SMILES string of the molecule is CC(=O)c1c(O)c(C)c(O)c2c1OC1=CC(=O)/C(=C(/C)NCCCCCCNCCCCN)C(=O)[C@@]12C.O=C(O)C(F)(F)F. The molecule has 14 heteroatoms. The van der Waals surface area contributed by atoms with Gasteiger partial charge in [-0.3, -0.25) is 14.4 Å². The van der Waals surface area contributed by atoms with Gasteiger partial charge >= 0.3 is 12.1 Å². The summed E-state index contributed by atoms with van der Waals surface area (Å²) in [6, 6.07) is 0. The lowest BCUT2D eigenvalue weighted by molar-refractivity contribution is -0.192.